The van der Waals surface area contributed by atoms with E-state index < -0.39 is 5.41 Å². The fourth-order valence-corrected chi connectivity index (χ4v) is 5.09. The molecule has 1 saturated heterocycles. The molecule has 2 aromatic carbocycles. The van der Waals surface area contributed by atoms with Gasteiger partial charge in [-0.3, -0.25) is 4.79 Å². The van der Waals surface area contributed by atoms with Crippen LogP contribution in [0.25, 0.3) is 0 Å². The standard InChI is InChI=1S/C26H30N4O2/c1-18-6-9-22(10-7-18)26(12-14-32-15-13-26)25(31)27-23-5-3-4-20(16-23)21-8-11-24-29-28-19(2)30(24)17-21/h3-7,9-10,16,21H,8,11-15,17H2,1-2H3,(H,27,31)/t21-/m0/s1. The van der Waals surface area contributed by atoms with Gasteiger partial charge in [0, 0.05) is 37.8 Å². The minimum Gasteiger partial charge on any atom is -0.381 e. The minimum absolute atomic E-state index is 0.0578. The van der Waals surface area contributed by atoms with Gasteiger partial charge in [-0.2, -0.15) is 0 Å². The van der Waals surface area contributed by atoms with Gasteiger partial charge in [0.05, 0.1) is 5.41 Å². The lowest BCUT2D eigenvalue weighted by Crippen LogP contribution is -2.44. The van der Waals surface area contributed by atoms with E-state index in [1.54, 1.807) is 0 Å². The monoisotopic (exact) mass is 430 g/mol. The van der Waals surface area contributed by atoms with Crippen LogP contribution in [-0.2, 0) is 27.9 Å². The van der Waals surface area contributed by atoms with E-state index in [1.165, 1.54) is 11.1 Å². The zero-order chi connectivity index (χ0) is 22.1. The highest BCUT2D eigenvalue weighted by Crippen LogP contribution is 2.37. The van der Waals surface area contributed by atoms with E-state index in [2.05, 4.69) is 63.4 Å². The molecule has 1 amide bonds. The van der Waals surface area contributed by atoms with Crippen molar-refractivity contribution < 1.29 is 9.53 Å². The topological polar surface area (TPSA) is 69.0 Å². The second kappa shape index (κ2) is 8.51. The number of carbonyl (C=O) groups excluding carboxylic acids is 1. The number of hydrogen-bond acceptors (Lipinski definition) is 4. The molecular weight excluding hydrogens is 400 g/mol. The maximum absolute atomic E-state index is 13.6. The van der Waals surface area contributed by atoms with Crippen LogP contribution in [0, 0.1) is 13.8 Å². The number of hydrogen-bond donors (Lipinski definition) is 1. The van der Waals surface area contributed by atoms with Crippen molar-refractivity contribution in [2.75, 3.05) is 18.5 Å². The van der Waals surface area contributed by atoms with E-state index in [0.29, 0.717) is 32.0 Å². The molecule has 166 valence electrons. The predicted octanol–water partition coefficient (Wildman–Crippen LogP) is 4.31. The fourth-order valence-electron chi connectivity index (χ4n) is 5.09. The summed E-state index contributed by atoms with van der Waals surface area (Å²) in [4.78, 5) is 13.6. The van der Waals surface area contributed by atoms with Gasteiger partial charge in [-0.15, -0.1) is 10.2 Å². The van der Waals surface area contributed by atoms with E-state index in [0.717, 1.165) is 42.3 Å². The van der Waals surface area contributed by atoms with E-state index in [-0.39, 0.29) is 5.91 Å². The summed E-state index contributed by atoms with van der Waals surface area (Å²) in [6, 6.07) is 16.7. The van der Waals surface area contributed by atoms with Gasteiger partial charge in [0.25, 0.3) is 0 Å². The molecule has 1 fully saturated rings. The van der Waals surface area contributed by atoms with Crippen molar-refractivity contribution in [1.29, 1.82) is 0 Å². The molecule has 0 aliphatic carbocycles. The number of nitrogens with one attached hydrogen (secondary N) is 1. The van der Waals surface area contributed by atoms with Gasteiger partial charge in [0.15, 0.2) is 0 Å². The highest BCUT2D eigenvalue weighted by atomic mass is 16.5. The maximum Gasteiger partial charge on any atom is 0.235 e. The van der Waals surface area contributed by atoms with E-state index >= 15 is 0 Å². The number of aromatic nitrogens is 3. The Labute approximate surface area is 189 Å². The Morgan fingerprint density at radius 3 is 2.66 bits per heavy atom. The first kappa shape index (κ1) is 20.9. The van der Waals surface area contributed by atoms with Crippen LogP contribution in [0.4, 0.5) is 5.69 Å². The van der Waals surface area contributed by atoms with Gasteiger partial charge in [-0.25, -0.2) is 0 Å². The number of carbonyl (C=O) groups is 1. The van der Waals surface area contributed by atoms with Crippen LogP contribution in [0.1, 0.15) is 53.5 Å². The van der Waals surface area contributed by atoms with Crippen LogP contribution >= 0.6 is 0 Å². The Hall–Kier alpha value is -2.99. The Morgan fingerprint density at radius 2 is 1.88 bits per heavy atom. The molecule has 0 saturated carbocycles. The first-order valence-corrected chi connectivity index (χ1v) is 11.5. The molecule has 6 nitrogen and oxygen atoms in total. The number of fused-ring (bicyclic) bond motifs is 1. The fraction of sp³-hybridized carbons (Fsp3) is 0.423. The van der Waals surface area contributed by atoms with Gasteiger partial charge in [-0.1, -0.05) is 42.0 Å². The van der Waals surface area contributed by atoms with E-state index in [9.17, 15) is 4.79 Å². The lowest BCUT2D eigenvalue weighted by atomic mass is 9.73. The normalized spacial score (nSPS) is 19.9. The maximum atomic E-state index is 13.6. The highest BCUT2D eigenvalue weighted by Gasteiger charge is 2.41. The van der Waals surface area contributed by atoms with Crippen molar-refractivity contribution in [2.24, 2.45) is 0 Å². The van der Waals surface area contributed by atoms with Crippen molar-refractivity contribution in [2.45, 2.75) is 57.4 Å². The van der Waals surface area contributed by atoms with Crippen LogP contribution in [0.5, 0.6) is 0 Å². The molecule has 1 aromatic heterocycles. The van der Waals surface area contributed by atoms with Crippen LogP contribution in [0.2, 0.25) is 0 Å². The first-order valence-electron chi connectivity index (χ1n) is 11.5. The molecule has 0 radical (unpaired) electrons. The number of aryl methyl sites for hydroxylation is 3. The van der Waals surface area contributed by atoms with Gasteiger partial charge < -0.3 is 14.6 Å². The lowest BCUT2D eigenvalue weighted by molar-refractivity contribution is -0.125. The SMILES string of the molecule is Cc1ccc(C2(C(=O)Nc3cccc([C@H]4CCc5nnc(C)n5C4)c3)CCOCC2)cc1. The number of amides is 1. The van der Waals surface area contributed by atoms with Crippen LogP contribution < -0.4 is 5.32 Å². The summed E-state index contributed by atoms with van der Waals surface area (Å²) in [5.74, 6) is 2.49. The van der Waals surface area contributed by atoms with Crippen LogP contribution in [0.3, 0.4) is 0 Å². The molecule has 2 aliphatic rings. The van der Waals surface area contributed by atoms with Crippen LogP contribution in [-0.4, -0.2) is 33.9 Å². The second-order valence-corrected chi connectivity index (χ2v) is 9.15. The number of nitrogens with zero attached hydrogens (tertiary/aromatic N) is 3. The molecule has 1 atom stereocenters. The average Bonchev–Trinajstić information content (AvgIpc) is 3.20. The van der Waals surface area contributed by atoms with Gasteiger partial charge in [0.1, 0.15) is 11.6 Å². The molecule has 5 rings (SSSR count). The summed E-state index contributed by atoms with van der Waals surface area (Å²) >= 11 is 0. The summed E-state index contributed by atoms with van der Waals surface area (Å²) in [5, 5.41) is 11.7. The quantitative estimate of drug-likeness (QED) is 0.670. The van der Waals surface area contributed by atoms with Gasteiger partial charge in [0.2, 0.25) is 5.91 Å². The summed E-state index contributed by atoms with van der Waals surface area (Å²) in [6.07, 6.45) is 3.36. The molecule has 0 unspecified atom stereocenters. The summed E-state index contributed by atoms with van der Waals surface area (Å²) < 4.78 is 7.82. The van der Waals surface area contributed by atoms with Crippen molar-refractivity contribution in [3.8, 4) is 0 Å². The lowest BCUT2D eigenvalue weighted by Gasteiger charge is -2.36. The zero-order valence-corrected chi connectivity index (χ0v) is 18.8. The van der Waals surface area contributed by atoms with Crippen molar-refractivity contribution >= 4 is 11.6 Å². The highest BCUT2D eigenvalue weighted by molar-refractivity contribution is 5.99. The molecular formula is C26H30N4O2. The number of benzene rings is 2. The Balaban J connectivity index is 1.38. The molecule has 3 heterocycles. The molecule has 2 aliphatic heterocycles. The first-order chi connectivity index (χ1) is 15.5. The molecule has 32 heavy (non-hydrogen) atoms. The minimum atomic E-state index is -0.554. The Kier molecular flexibility index (Phi) is 5.55. The third-order valence-electron chi connectivity index (χ3n) is 7.13. The third kappa shape index (κ3) is 3.84. The third-order valence-corrected chi connectivity index (χ3v) is 7.13. The van der Waals surface area contributed by atoms with E-state index in [4.69, 9.17) is 4.74 Å². The largest absolute Gasteiger partial charge is 0.381 e. The molecule has 1 N–H and O–H groups in total. The summed E-state index contributed by atoms with van der Waals surface area (Å²) in [7, 11) is 0. The van der Waals surface area contributed by atoms with Crippen molar-refractivity contribution in [3.05, 3.63) is 76.9 Å². The van der Waals surface area contributed by atoms with Gasteiger partial charge in [-0.05, 0) is 56.4 Å². The molecule has 0 spiro atoms. The number of ether oxygens (including phenoxy) is 1. The smallest absolute Gasteiger partial charge is 0.235 e. The van der Waals surface area contributed by atoms with Crippen molar-refractivity contribution in [3.63, 3.8) is 0 Å². The number of anilines is 1. The van der Waals surface area contributed by atoms with Crippen molar-refractivity contribution in [1.82, 2.24) is 14.8 Å². The molecule has 6 heteroatoms. The second-order valence-electron chi connectivity index (χ2n) is 9.15. The Bertz CT molecular complexity index is 1110. The number of rotatable bonds is 4. The van der Waals surface area contributed by atoms with E-state index in [1.807, 2.05) is 19.1 Å². The van der Waals surface area contributed by atoms with Crippen LogP contribution in [0.15, 0.2) is 48.5 Å². The molecule has 0 bridgehead atoms. The zero-order valence-electron chi connectivity index (χ0n) is 18.8. The Morgan fingerprint density at radius 1 is 1.09 bits per heavy atom. The van der Waals surface area contributed by atoms with Gasteiger partial charge >= 0.3 is 0 Å². The average molecular weight is 431 g/mol. The molecule has 3 aromatic rings. The predicted molar refractivity (Wildman–Crippen MR) is 124 cm³/mol. The summed E-state index contributed by atoms with van der Waals surface area (Å²) in [5.41, 5.74) is 3.82. The summed E-state index contributed by atoms with van der Waals surface area (Å²) in [6.45, 7) is 6.17.